The Morgan fingerprint density at radius 3 is 1.38 bits per heavy atom. The van der Waals surface area contributed by atoms with E-state index in [1.807, 2.05) is 118 Å². The Hall–Kier alpha value is -4.51. The molecule has 0 aliphatic rings. The smallest absolute Gasteiger partial charge is 0.234 e. The van der Waals surface area contributed by atoms with Gasteiger partial charge in [0.05, 0.1) is 11.4 Å². The fourth-order valence-corrected chi connectivity index (χ4v) is 4.16. The largest absolute Gasteiger partial charge is 0.299 e. The highest BCUT2D eigenvalue weighted by Crippen LogP contribution is 2.31. The summed E-state index contributed by atoms with van der Waals surface area (Å²) in [7, 11) is 0. The lowest BCUT2D eigenvalue weighted by atomic mass is 10.0. The second-order valence-corrected chi connectivity index (χ2v) is 7.54. The van der Waals surface area contributed by atoms with Crippen molar-refractivity contribution in [2.24, 2.45) is 0 Å². The molecule has 6 aromatic rings. The lowest BCUT2D eigenvalue weighted by molar-refractivity contribution is 0.103. The third-order valence-corrected chi connectivity index (χ3v) is 5.58. The zero-order chi connectivity index (χ0) is 21.5. The van der Waals surface area contributed by atoms with Gasteiger partial charge in [0.1, 0.15) is 22.7 Å². The van der Waals surface area contributed by atoms with E-state index in [1.165, 1.54) is 0 Å². The van der Waals surface area contributed by atoms with Crippen LogP contribution in [0.2, 0.25) is 0 Å². The van der Waals surface area contributed by atoms with Crippen molar-refractivity contribution in [2.45, 2.75) is 0 Å². The van der Waals surface area contributed by atoms with Crippen molar-refractivity contribution in [3.05, 3.63) is 121 Å². The maximum absolute atomic E-state index is 14.0. The lowest BCUT2D eigenvalue weighted by Gasteiger charge is -2.06. The van der Waals surface area contributed by atoms with Gasteiger partial charge in [-0.25, -0.2) is 9.97 Å². The third-order valence-electron chi connectivity index (χ3n) is 5.58. The number of benzene rings is 2. The molecule has 0 atom stereocenters. The minimum atomic E-state index is -0.199. The summed E-state index contributed by atoms with van der Waals surface area (Å²) in [6.07, 6.45) is 3.87. The molecule has 0 radical (unpaired) electrons. The molecule has 0 fully saturated rings. The first-order chi connectivity index (χ1) is 15.8. The monoisotopic (exact) mass is 414 g/mol. The van der Waals surface area contributed by atoms with Crippen LogP contribution in [0.15, 0.2) is 109 Å². The summed E-state index contributed by atoms with van der Waals surface area (Å²) in [5.41, 5.74) is 5.62. The van der Waals surface area contributed by atoms with Gasteiger partial charge in [-0.3, -0.25) is 13.6 Å². The zero-order valence-electron chi connectivity index (χ0n) is 17.1. The van der Waals surface area contributed by atoms with Gasteiger partial charge in [-0.1, -0.05) is 72.8 Å². The van der Waals surface area contributed by atoms with Gasteiger partial charge < -0.3 is 0 Å². The predicted octanol–water partition coefficient (Wildman–Crippen LogP) is 5.55. The van der Waals surface area contributed by atoms with Crippen LogP contribution in [0, 0.1) is 0 Å². The topological polar surface area (TPSA) is 51.7 Å². The molecule has 32 heavy (non-hydrogen) atoms. The summed E-state index contributed by atoms with van der Waals surface area (Å²) in [5, 5.41) is 0. The number of imidazole rings is 2. The van der Waals surface area contributed by atoms with Crippen molar-refractivity contribution in [1.82, 2.24) is 18.8 Å². The minimum absolute atomic E-state index is 0.199. The molecule has 0 bridgehead atoms. The maximum Gasteiger partial charge on any atom is 0.234 e. The number of nitrogens with zero attached hydrogens (tertiary/aromatic N) is 4. The van der Waals surface area contributed by atoms with Crippen molar-refractivity contribution in [2.75, 3.05) is 0 Å². The number of carbonyl (C=O) groups excluding carboxylic acids is 1. The Morgan fingerprint density at radius 2 is 0.938 bits per heavy atom. The summed E-state index contributed by atoms with van der Waals surface area (Å²) in [5.74, 6) is -0.199. The summed E-state index contributed by atoms with van der Waals surface area (Å²) in [4.78, 5) is 23.5. The number of carbonyl (C=O) groups is 1. The van der Waals surface area contributed by atoms with E-state index in [1.54, 1.807) is 0 Å². The molecule has 0 aliphatic carbocycles. The van der Waals surface area contributed by atoms with Crippen molar-refractivity contribution < 1.29 is 4.79 Å². The number of rotatable bonds is 4. The normalized spacial score (nSPS) is 11.2. The summed E-state index contributed by atoms with van der Waals surface area (Å²) in [6, 6.07) is 31.3. The number of aromatic nitrogens is 4. The number of hydrogen-bond acceptors (Lipinski definition) is 3. The molecule has 152 valence electrons. The van der Waals surface area contributed by atoms with Crippen molar-refractivity contribution in [1.29, 1.82) is 0 Å². The Bertz CT molecular complexity index is 1460. The average molecular weight is 414 g/mol. The fourth-order valence-electron chi connectivity index (χ4n) is 4.16. The highest BCUT2D eigenvalue weighted by atomic mass is 16.1. The van der Waals surface area contributed by atoms with Crippen molar-refractivity contribution in [3.8, 4) is 22.5 Å². The van der Waals surface area contributed by atoms with Gasteiger partial charge in [0.2, 0.25) is 5.78 Å². The van der Waals surface area contributed by atoms with Crippen molar-refractivity contribution >= 4 is 17.1 Å². The molecule has 4 heterocycles. The van der Waals surface area contributed by atoms with Crippen LogP contribution in [0.3, 0.4) is 0 Å². The molecule has 5 nitrogen and oxygen atoms in total. The fraction of sp³-hybridized carbons (Fsp3) is 0. The number of pyridine rings is 2. The van der Waals surface area contributed by atoms with Crippen molar-refractivity contribution in [3.63, 3.8) is 0 Å². The molecule has 0 spiro atoms. The Morgan fingerprint density at radius 1 is 0.531 bits per heavy atom. The quantitative estimate of drug-likeness (QED) is 0.356. The summed E-state index contributed by atoms with van der Waals surface area (Å²) < 4.78 is 3.92. The first-order valence-corrected chi connectivity index (χ1v) is 10.4. The Kier molecular flexibility index (Phi) is 4.18. The third kappa shape index (κ3) is 2.83. The predicted molar refractivity (Wildman–Crippen MR) is 125 cm³/mol. The van der Waals surface area contributed by atoms with E-state index in [4.69, 9.17) is 9.97 Å². The number of ketones is 1. The van der Waals surface area contributed by atoms with Gasteiger partial charge in [0, 0.05) is 23.5 Å². The highest BCUT2D eigenvalue weighted by Gasteiger charge is 2.27. The van der Waals surface area contributed by atoms with E-state index in [0.717, 1.165) is 33.8 Å². The average Bonchev–Trinajstić information content (AvgIpc) is 3.44. The van der Waals surface area contributed by atoms with Gasteiger partial charge in [-0.05, 0) is 24.3 Å². The first-order valence-electron chi connectivity index (χ1n) is 10.4. The van der Waals surface area contributed by atoms with E-state index >= 15 is 0 Å². The van der Waals surface area contributed by atoms with Crippen LogP contribution in [0.4, 0.5) is 0 Å². The van der Waals surface area contributed by atoms with E-state index in [-0.39, 0.29) is 5.78 Å². The van der Waals surface area contributed by atoms with Crippen LogP contribution in [0.25, 0.3) is 33.8 Å². The molecular weight excluding hydrogens is 396 g/mol. The Labute approximate surface area is 184 Å². The minimum Gasteiger partial charge on any atom is -0.299 e. The van der Waals surface area contributed by atoms with Gasteiger partial charge in [-0.15, -0.1) is 0 Å². The SMILES string of the molecule is O=C(c1nc2ccccn2c1-c1ccccc1)c1nc2ccccn2c1-c1ccccc1. The van der Waals surface area contributed by atoms with Crippen LogP contribution in [0.5, 0.6) is 0 Å². The molecule has 0 unspecified atom stereocenters. The number of hydrogen-bond donors (Lipinski definition) is 0. The molecule has 0 N–H and O–H groups in total. The highest BCUT2D eigenvalue weighted by molar-refractivity contribution is 6.14. The molecular formula is C27H18N4O. The lowest BCUT2D eigenvalue weighted by Crippen LogP contribution is -2.07. The molecule has 2 aromatic carbocycles. The van der Waals surface area contributed by atoms with Crippen LogP contribution >= 0.6 is 0 Å². The van der Waals surface area contributed by atoms with Crippen LogP contribution in [-0.2, 0) is 0 Å². The second kappa shape index (κ2) is 7.32. The van der Waals surface area contributed by atoms with Crippen LogP contribution in [-0.4, -0.2) is 24.6 Å². The summed E-state index contributed by atoms with van der Waals surface area (Å²) in [6.45, 7) is 0. The van der Waals surface area contributed by atoms with Gasteiger partial charge >= 0.3 is 0 Å². The van der Waals surface area contributed by atoms with E-state index in [0.29, 0.717) is 11.4 Å². The van der Waals surface area contributed by atoms with Gasteiger partial charge in [-0.2, -0.15) is 0 Å². The molecule has 0 aliphatic heterocycles. The summed E-state index contributed by atoms with van der Waals surface area (Å²) >= 11 is 0. The molecule has 0 saturated carbocycles. The van der Waals surface area contributed by atoms with E-state index < -0.39 is 0 Å². The number of fused-ring (bicyclic) bond motifs is 2. The Balaban J connectivity index is 1.64. The molecule has 0 saturated heterocycles. The standard InChI is InChI=1S/C27H18N4O/c32-27(23-25(19-11-3-1-4-12-19)30-17-9-7-15-21(30)28-23)24-26(20-13-5-2-6-14-20)31-18-10-8-16-22(31)29-24/h1-18H. The van der Waals surface area contributed by atoms with E-state index in [9.17, 15) is 4.79 Å². The molecule has 0 amide bonds. The van der Waals surface area contributed by atoms with E-state index in [2.05, 4.69) is 0 Å². The van der Waals surface area contributed by atoms with Gasteiger partial charge in [0.25, 0.3) is 0 Å². The maximum atomic E-state index is 14.0. The van der Waals surface area contributed by atoms with Crippen LogP contribution < -0.4 is 0 Å². The van der Waals surface area contributed by atoms with Gasteiger partial charge in [0.15, 0.2) is 0 Å². The molecule has 5 heteroatoms. The molecule has 6 rings (SSSR count). The first kappa shape index (κ1) is 18.3. The molecule has 4 aromatic heterocycles. The zero-order valence-corrected chi connectivity index (χ0v) is 17.1. The van der Waals surface area contributed by atoms with Crippen LogP contribution in [0.1, 0.15) is 16.2 Å². The second-order valence-electron chi connectivity index (χ2n) is 7.54.